The Kier molecular flexibility index (Phi) is 3.53. The van der Waals surface area contributed by atoms with Crippen LogP contribution < -0.4 is 0 Å². The highest BCUT2D eigenvalue weighted by molar-refractivity contribution is 5.78. The lowest BCUT2D eigenvalue weighted by Gasteiger charge is -2.39. The van der Waals surface area contributed by atoms with Crippen molar-refractivity contribution in [2.75, 3.05) is 6.54 Å². The highest BCUT2D eigenvalue weighted by Crippen LogP contribution is 2.36. The maximum atomic E-state index is 11.4. The minimum Gasteiger partial charge on any atom is -0.480 e. The zero-order chi connectivity index (χ0) is 10.8. The number of rotatable bonds is 6. The van der Waals surface area contributed by atoms with Crippen LogP contribution in [-0.4, -0.2) is 34.1 Å². The summed E-state index contributed by atoms with van der Waals surface area (Å²) in [5.74, 6) is -0.656. The summed E-state index contributed by atoms with van der Waals surface area (Å²) in [4.78, 5) is 13.6. The number of carboxylic acid groups (broad SMARTS) is 1. The fraction of sp³-hybridized carbons (Fsp3) is 0.909. The predicted octanol–water partition coefficient (Wildman–Crippen LogP) is 2.11. The van der Waals surface area contributed by atoms with Crippen molar-refractivity contribution in [3.05, 3.63) is 0 Å². The van der Waals surface area contributed by atoms with E-state index in [4.69, 9.17) is 0 Å². The molecule has 1 aliphatic carbocycles. The molecule has 82 valence electrons. The summed E-state index contributed by atoms with van der Waals surface area (Å²) in [6.45, 7) is 6.85. The van der Waals surface area contributed by atoms with E-state index in [1.807, 2.05) is 13.8 Å². The number of likely N-dealkylation sites (N-methyl/N-ethyl adjacent to an activating group) is 1. The molecule has 14 heavy (non-hydrogen) atoms. The average molecular weight is 199 g/mol. The Balaban J connectivity index is 2.87. The second-order valence-electron chi connectivity index (χ2n) is 4.06. The molecule has 0 radical (unpaired) electrons. The molecule has 0 aromatic rings. The van der Waals surface area contributed by atoms with Crippen molar-refractivity contribution in [2.45, 2.75) is 58.0 Å². The Morgan fingerprint density at radius 2 is 1.86 bits per heavy atom. The van der Waals surface area contributed by atoms with Crippen LogP contribution in [-0.2, 0) is 4.79 Å². The van der Waals surface area contributed by atoms with Gasteiger partial charge in [0.15, 0.2) is 0 Å². The molecule has 0 aromatic heterocycles. The Labute approximate surface area is 86.1 Å². The van der Waals surface area contributed by atoms with Crippen LogP contribution in [0.15, 0.2) is 0 Å². The zero-order valence-electron chi connectivity index (χ0n) is 9.42. The summed E-state index contributed by atoms with van der Waals surface area (Å²) >= 11 is 0. The summed E-state index contributed by atoms with van der Waals surface area (Å²) < 4.78 is 0. The van der Waals surface area contributed by atoms with Crippen molar-refractivity contribution in [3.8, 4) is 0 Å². The molecule has 0 bridgehead atoms. The lowest BCUT2D eigenvalue weighted by molar-refractivity contribution is -0.153. The molecule has 3 heteroatoms. The molecular weight excluding hydrogens is 178 g/mol. The van der Waals surface area contributed by atoms with Gasteiger partial charge in [0.25, 0.3) is 0 Å². The van der Waals surface area contributed by atoms with Crippen molar-refractivity contribution in [1.82, 2.24) is 4.90 Å². The van der Waals surface area contributed by atoms with Crippen LogP contribution in [0.5, 0.6) is 0 Å². The van der Waals surface area contributed by atoms with E-state index in [9.17, 15) is 9.90 Å². The van der Waals surface area contributed by atoms with E-state index < -0.39 is 11.5 Å². The first-order valence-corrected chi connectivity index (χ1v) is 5.62. The summed E-state index contributed by atoms with van der Waals surface area (Å²) in [5, 5.41) is 9.36. The van der Waals surface area contributed by atoms with Gasteiger partial charge in [-0.05, 0) is 32.2 Å². The molecule has 0 spiro atoms. The smallest absolute Gasteiger partial charge is 0.324 e. The van der Waals surface area contributed by atoms with E-state index in [1.165, 1.54) is 12.8 Å². The normalized spacial score (nSPS) is 17.4. The van der Waals surface area contributed by atoms with Crippen LogP contribution in [0.1, 0.15) is 46.5 Å². The Morgan fingerprint density at radius 1 is 1.36 bits per heavy atom. The first-order valence-electron chi connectivity index (χ1n) is 5.62. The molecule has 1 fully saturated rings. The first-order chi connectivity index (χ1) is 6.62. The van der Waals surface area contributed by atoms with Crippen LogP contribution >= 0.6 is 0 Å². The molecule has 1 saturated carbocycles. The minimum atomic E-state index is -0.656. The molecule has 0 heterocycles. The first kappa shape index (κ1) is 11.5. The van der Waals surface area contributed by atoms with Gasteiger partial charge < -0.3 is 5.11 Å². The van der Waals surface area contributed by atoms with Crippen molar-refractivity contribution < 1.29 is 9.90 Å². The van der Waals surface area contributed by atoms with E-state index in [1.54, 1.807) is 0 Å². The van der Waals surface area contributed by atoms with Crippen molar-refractivity contribution >= 4 is 5.97 Å². The van der Waals surface area contributed by atoms with Crippen LogP contribution in [0.3, 0.4) is 0 Å². The van der Waals surface area contributed by atoms with E-state index in [-0.39, 0.29) is 0 Å². The standard InChI is InChI=1S/C11H21NO2/c1-4-11(5-2,10(13)14)12(6-3)9-7-8-9/h9H,4-8H2,1-3H3,(H,13,14). The third-order valence-corrected chi connectivity index (χ3v) is 3.45. The molecule has 0 saturated heterocycles. The van der Waals surface area contributed by atoms with E-state index >= 15 is 0 Å². The van der Waals surface area contributed by atoms with Gasteiger partial charge in [-0.15, -0.1) is 0 Å². The number of aliphatic carboxylic acids is 1. The van der Waals surface area contributed by atoms with E-state index in [2.05, 4.69) is 11.8 Å². The lowest BCUT2D eigenvalue weighted by atomic mass is 9.90. The fourth-order valence-electron chi connectivity index (χ4n) is 2.38. The third kappa shape index (κ3) is 1.78. The maximum Gasteiger partial charge on any atom is 0.324 e. The minimum absolute atomic E-state index is 0.524. The molecule has 0 aromatic carbocycles. The highest BCUT2D eigenvalue weighted by atomic mass is 16.4. The van der Waals surface area contributed by atoms with E-state index in [0.29, 0.717) is 18.9 Å². The zero-order valence-corrected chi connectivity index (χ0v) is 9.42. The molecule has 3 nitrogen and oxygen atoms in total. The topological polar surface area (TPSA) is 40.5 Å². The van der Waals surface area contributed by atoms with Gasteiger partial charge in [0.1, 0.15) is 5.54 Å². The summed E-state index contributed by atoms with van der Waals surface area (Å²) in [5.41, 5.74) is -0.615. The predicted molar refractivity (Wildman–Crippen MR) is 56.4 cm³/mol. The van der Waals surface area contributed by atoms with Crippen LogP contribution in [0.4, 0.5) is 0 Å². The van der Waals surface area contributed by atoms with Crippen molar-refractivity contribution in [3.63, 3.8) is 0 Å². The molecule has 1 aliphatic rings. The fourth-order valence-corrected chi connectivity index (χ4v) is 2.38. The molecule has 0 amide bonds. The average Bonchev–Trinajstić information content (AvgIpc) is 2.97. The second kappa shape index (κ2) is 4.30. The summed E-state index contributed by atoms with van der Waals surface area (Å²) in [6, 6.07) is 0.524. The Morgan fingerprint density at radius 3 is 2.07 bits per heavy atom. The number of hydrogen-bond acceptors (Lipinski definition) is 2. The molecule has 0 aliphatic heterocycles. The Bertz CT molecular complexity index is 207. The molecular formula is C11H21NO2. The van der Waals surface area contributed by atoms with Crippen molar-refractivity contribution in [1.29, 1.82) is 0 Å². The SMILES string of the molecule is CCN(C1CC1)C(CC)(CC)C(=O)O. The second-order valence-corrected chi connectivity index (χ2v) is 4.06. The van der Waals surface area contributed by atoms with Gasteiger partial charge in [-0.3, -0.25) is 9.69 Å². The van der Waals surface area contributed by atoms with Gasteiger partial charge in [-0.1, -0.05) is 20.8 Å². The number of hydrogen-bond donors (Lipinski definition) is 1. The number of nitrogens with zero attached hydrogens (tertiary/aromatic N) is 1. The lowest BCUT2D eigenvalue weighted by Crippen LogP contribution is -2.54. The van der Waals surface area contributed by atoms with Gasteiger partial charge in [-0.25, -0.2) is 0 Å². The summed E-state index contributed by atoms with van der Waals surface area (Å²) in [7, 11) is 0. The number of carbonyl (C=O) groups is 1. The molecule has 0 unspecified atom stereocenters. The quantitative estimate of drug-likeness (QED) is 0.712. The van der Waals surface area contributed by atoms with Crippen LogP contribution in [0, 0.1) is 0 Å². The monoisotopic (exact) mass is 199 g/mol. The van der Waals surface area contributed by atoms with Gasteiger partial charge in [-0.2, -0.15) is 0 Å². The van der Waals surface area contributed by atoms with Gasteiger partial charge in [0.05, 0.1) is 0 Å². The van der Waals surface area contributed by atoms with Crippen LogP contribution in [0.2, 0.25) is 0 Å². The molecule has 1 N–H and O–H groups in total. The van der Waals surface area contributed by atoms with Gasteiger partial charge in [0, 0.05) is 6.04 Å². The molecule has 0 atom stereocenters. The summed E-state index contributed by atoms with van der Waals surface area (Å²) in [6.07, 6.45) is 3.73. The van der Waals surface area contributed by atoms with Crippen molar-refractivity contribution in [2.24, 2.45) is 0 Å². The largest absolute Gasteiger partial charge is 0.480 e. The van der Waals surface area contributed by atoms with Gasteiger partial charge >= 0.3 is 5.97 Å². The number of carboxylic acids is 1. The highest BCUT2D eigenvalue weighted by Gasteiger charge is 2.46. The van der Waals surface area contributed by atoms with Crippen LogP contribution in [0.25, 0.3) is 0 Å². The Hall–Kier alpha value is -0.570. The molecule has 1 rings (SSSR count). The van der Waals surface area contributed by atoms with E-state index in [0.717, 1.165) is 6.54 Å². The third-order valence-electron chi connectivity index (χ3n) is 3.45. The maximum absolute atomic E-state index is 11.4. The van der Waals surface area contributed by atoms with Gasteiger partial charge in [0.2, 0.25) is 0 Å².